The summed E-state index contributed by atoms with van der Waals surface area (Å²) < 4.78 is 5.68. The highest BCUT2D eigenvalue weighted by Crippen LogP contribution is 2.29. The zero-order valence-corrected chi connectivity index (χ0v) is 19.2. The Labute approximate surface area is 197 Å². The number of likely N-dealkylation sites (tertiary alicyclic amines) is 1. The first-order valence-corrected chi connectivity index (χ1v) is 11.4. The lowest BCUT2D eigenvalue weighted by Crippen LogP contribution is -2.33. The van der Waals surface area contributed by atoms with Gasteiger partial charge in [-0.05, 0) is 54.6 Å². The summed E-state index contributed by atoms with van der Waals surface area (Å²) in [6.07, 6.45) is 3.75. The lowest BCUT2D eigenvalue weighted by atomic mass is 9.89. The average Bonchev–Trinajstić information content (AvgIpc) is 2.88. The minimum Gasteiger partial charge on any atom is -0.466 e. The van der Waals surface area contributed by atoms with Gasteiger partial charge in [-0.15, -0.1) is 0 Å². The molecule has 1 aliphatic heterocycles. The molecule has 0 aromatic heterocycles. The van der Waals surface area contributed by atoms with E-state index in [-0.39, 0.29) is 0 Å². The molecular weight excluding hydrogens is 408 g/mol. The molecule has 1 fully saturated rings. The predicted molar refractivity (Wildman–Crippen MR) is 135 cm³/mol. The van der Waals surface area contributed by atoms with Crippen LogP contribution in [0.1, 0.15) is 35.4 Å². The molecule has 3 aromatic carbocycles. The summed E-state index contributed by atoms with van der Waals surface area (Å²) in [5, 5.41) is 3.04. The molecule has 0 saturated carbocycles. The van der Waals surface area contributed by atoms with E-state index in [4.69, 9.17) is 4.74 Å². The van der Waals surface area contributed by atoms with Crippen molar-refractivity contribution in [2.45, 2.75) is 32.3 Å². The van der Waals surface area contributed by atoms with Gasteiger partial charge in [-0.1, -0.05) is 85.4 Å². The van der Waals surface area contributed by atoms with Crippen molar-refractivity contribution in [3.05, 3.63) is 120 Å². The molecule has 0 atom stereocenters. The van der Waals surface area contributed by atoms with Crippen LogP contribution in [-0.4, -0.2) is 23.9 Å². The molecular formula is C29H32N2O2. The highest BCUT2D eigenvalue weighted by atomic mass is 16.5. The van der Waals surface area contributed by atoms with E-state index in [2.05, 4.69) is 49.2 Å². The summed E-state index contributed by atoms with van der Waals surface area (Å²) in [6, 6.07) is 28.6. The first-order chi connectivity index (χ1) is 16.2. The van der Waals surface area contributed by atoms with Crippen LogP contribution in [0.3, 0.4) is 0 Å². The number of carbonyl (C=O) groups excluding carboxylic acids is 1. The largest absolute Gasteiger partial charge is 0.466 e. The van der Waals surface area contributed by atoms with Crippen molar-refractivity contribution in [2.24, 2.45) is 0 Å². The minimum absolute atomic E-state index is 0.334. The standard InChI is InChI=1S/C20H21NO2.C9H11N/c22-15-20(23-16-17-7-3-1-4-8-17)21-13-11-19(12-14-21)18-9-5-2-6-10-18;1-3-10-9-7-5-4-6-8(9)2/h1-10,19H,11-14,16H2;3-7,10H,1H2,2H3. The average molecular weight is 441 g/mol. The summed E-state index contributed by atoms with van der Waals surface area (Å²) in [7, 11) is 0. The van der Waals surface area contributed by atoms with E-state index in [9.17, 15) is 4.79 Å². The van der Waals surface area contributed by atoms with E-state index in [1.54, 1.807) is 6.20 Å². The molecule has 4 nitrogen and oxygen atoms in total. The Balaban J connectivity index is 0.000000257. The summed E-state index contributed by atoms with van der Waals surface area (Å²) in [5.74, 6) is 2.86. The second kappa shape index (κ2) is 12.9. The molecule has 0 spiro atoms. The lowest BCUT2D eigenvalue weighted by Gasteiger charge is -2.33. The van der Waals surface area contributed by atoms with E-state index >= 15 is 0 Å². The fraction of sp³-hybridized carbons (Fsp3) is 0.241. The Kier molecular flexibility index (Phi) is 9.38. The number of aryl methyl sites for hydroxylation is 1. The third-order valence-electron chi connectivity index (χ3n) is 5.76. The number of hydrogen-bond donors (Lipinski definition) is 1. The van der Waals surface area contributed by atoms with Crippen LogP contribution >= 0.6 is 0 Å². The normalized spacial score (nSPS) is 13.2. The third kappa shape index (κ3) is 7.41. The molecule has 1 N–H and O–H groups in total. The maximum atomic E-state index is 11.2. The van der Waals surface area contributed by atoms with E-state index in [1.807, 2.05) is 65.4 Å². The smallest absolute Gasteiger partial charge is 0.278 e. The van der Waals surface area contributed by atoms with Crippen molar-refractivity contribution in [1.29, 1.82) is 0 Å². The molecule has 1 aliphatic rings. The Morgan fingerprint density at radius 3 is 2.21 bits per heavy atom. The van der Waals surface area contributed by atoms with Crippen LogP contribution in [0.4, 0.5) is 5.69 Å². The van der Waals surface area contributed by atoms with Crippen molar-refractivity contribution in [3.8, 4) is 0 Å². The van der Waals surface area contributed by atoms with E-state index < -0.39 is 0 Å². The molecule has 0 radical (unpaired) electrons. The topological polar surface area (TPSA) is 41.6 Å². The van der Waals surface area contributed by atoms with Gasteiger partial charge in [0, 0.05) is 18.8 Å². The van der Waals surface area contributed by atoms with Gasteiger partial charge in [-0.3, -0.25) is 0 Å². The molecule has 0 amide bonds. The Morgan fingerprint density at radius 2 is 1.61 bits per heavy atom. The van der Waals surface area contributed by atoms with Crippen molar-refractivity contribution >= 4 is 11.6 Å². The van der Waals surface area contributed by atoms with Crippen LogP contribution in [0.2, 0.25) is 0 Å². The SMILES string of the molecule is C=CNc1ccccc1C.O=C=C(OCc1ccccc1)N1CCC(c2ccccc2)CC1. The van der Waals surface area contributed by atoms with Crippen molar-refractivity contribution in [2.75, 3.05) is 18.4 Å². The number of nitrogens with zero attached hydrogens (tertiary/aromatic N) is 1. The number of hydrogen-bond acceptors (Lipinski definition) is 4. The lowest BCUT2D eigenvalue weighted by molar-refractivity contribution is 0.0905. The summed E-state index contributed by atoms with van der Waals surface area (Å²) in [6.45, 7) is 7.72. The first-order valence-electron chi connectivity index (χ1n) is 11.4. The number of nitrogens with one attached hydrogen (secondary N) is 1. The quantitative estimate of drug-likeness (QED) is 0.345. The Bertz CT molecular complexity index is 1040. The third-order valence-corrected chi connectivity index (χ3v) is 5.76. The highest BCUT2D eigenvalue weighted by molar-refractivity contribution is 5.51. The molecule has 0 bridgehead atoms. The maximum absolute atomic E-state index is 11.2. The monoisotopic (exact) mass is 440 g/mol. The van der Waals surface area contributed by atoms with Gasteiger partial charge in [0.25, 0.3) is 5.88 Å². The van der Waals surface area contributed by atoms with E-state index in [0.717, 1.165) is 37.2 Å². The number of ether oxygens (including phenoxy) is 1. The van der Waals surface area contributed by atoms with Crippen LogP contribution < -0.4 is 5.32 Å². The second-order valence-electron chi connectivity index (χ2n) is 8.02. The van der Waals surface area contributed by atoms with Crippen LogP contribution in [0.5, 0.6) is 0 Å². The molecule has 3 aromatic rings. The molecule has 4 rings (SSSR count). The van der Waals surface area contributed by atoms with Gasteiger partial charge in [0.2, 0.25) is 0 Å². The van der Waals surface area contributed by atoms with Gasteiger partial charge in [-0.2, -0.15) is 0 Å². The van der Waals surface area contributed by atoms with Gasteiger partial charge in [0.1, 0.15) is 6.61 Å². The van der Waals surface area contributed by atoms with Crippen molar-refractivity contribution < 1.29 is 9.53 Å². The molecule has 0 aliphatic carbocycles. The fourth-order valence-corrected chi connectivity index (χ4v) is 3.90. The van der Waals surface area contributed by atoms with Crippen molar-refractivity contribution in [1.82, 2.24) is 4.90 Å². The number of piperidine rings is 1. The Morgan fingerprint density at radius 1 is 1.00 bits per heavy atom. The first kappa shape index (κ1) is 23.9. The van der Waals surface area contributed by atoms with Gasteiger partial charge >= 0.3 is 0 Å². The molecule has 0 unspecified atom stereocenters. The van der Waals surface area contributed by atoms with Gasteiger partial charge in [0.05, 0.1) is 0 Å². The Hall–Kier alpha value is -3.75. The molecule has 4 heteroatoms. The highest BCUT2D eigenvalue weighted by Gasteiger charge is 2.23. The van der Waals surface area contributed by atoms with Crippen LogP contribution in [0.15, 0.2) is 104 Å². The maximum Gasteiger partial charge on any atom is 0.278 e. The van der Waals surface area contributed by atoms with E-state index in [0.29, 0.717) is 18.4 Å². The zero-order valence-electron chi connectivity index (χ0n) is 19.2. The summed E-state index contributed by atoms with van der Waals surface area (Å²) in [4.78, 5) is 13.3. The second-order valence-corrected chi connectivity index (χ2v) is 8.02. The van der Waals surface area contributed by atoms with Crippen molar-refractivity contribution in [3.63, 3.8) is 0 Å². The van der Waals surface area contributed by atoms with Crippen LogP contribution in [-0.2, 0) is 16.1 Å². The molecule has 1 heterocycles. The fourth-order valence-electron chi connectivity index (χ4n) is 3.90. The summed E-state index contributed by atoms with van der Waals surface area (Å²) >= 11 is 0. The number of anilines is 1. The summed E-state index contributed by atoms with van der Waals surface area (Å²) in [5.41, 5.74) is 4.80. The predicted octanol–water partition coefficient (Wildman–Crippen LogP) is 6.31. The molecule has 1 saturated heterocycles. The molecule has 170 valence electrons. The van der Waals surface area contributed by atoms with E-state index in [1.165, 1.54) is 11.1 Å². The number of benzene rings is 3. The van der Waals surface area contributed by atoms with Crippen LogP contribution in [0, 0.1) is 6.92 Å². The number of para-hydroxylation sites is 1. The zero-order chi connectivity index (χ0) is 23.3. The van der Waals surface area contributed by atoms with Gasteiger partial charge in [-0.25, -0.2) is 4.79 Å². The van der Waals surface area contributed by atoms with Gasteiger partial charge in [0.15, 0.2) is 5.94 Å². The number of rotatable bonds is 7. The molecule has 33 heavy (non-hydrogen) atoms. The van der Waals surface area contributed by atoms with Gasteiger partial charge < -0.3 is 15.0 Å². The van der Waals surface area contributed by atoms with Crippen LogP contribution in [0.25, 0.3) is 0 Å². The minimum atomic E-state index is 0.334.